The number of halogens is 3. The highest BCUT2D eigenvalue weighted by Crippen LogP contribution is 2.49. The van der Waals surface area contributed by atoms with Crippen LogP contribution in [0.1, 0.15) is 24.8 Å². The molecule has 2 rings (SSSR count). The van der Waals surface area contributed by atoms with Gasteiger partial charge in [-0.15, -0.1) is 0 Å². The van der Waals surface area contributed by atoms with Crippen LogP contribution >= 0.6 is 0 Å². The van der Waals surface area contributed by atoms with E-state index in [0.29, 0.717) is 18.9 Å². The number of aliphatic carboxylic acids is 1. The van der Waals surface area contributed by atoms with Crippen molar-refractivity contribution in [1.82, 2.24) is 0 Å². The molecular weight excluding hydrogens is 233 g/mol. The molecule has 5 heteroatoms. The van der Waals surface area contributed by atoms with Gasteiger partial charge < -0.3 is 5.11 Å². The van der Waals surface area contributed by atoms with Gasteiger partial charge in [-0.25, -0.2) is 13.2 Å². The van der Waals surface area contributed by atoms with Crippen molar-refractivity contribution in [2.75, 3.05) is 0 Å². The normalized spacial score (nSPS) is 16.9. The summed E-state index contributed by atoms with van der Waals surface area (Å²) >= 11 is 0. The van der Waals surface area contributed by atoms with Crippen molar-refractivity contribution in [3.05, 3.63) is 35.1 Å². The largest absolute Gasteiger partial charge is 0.481 e. The molecular formula is C12H11F3O2. The number of carboxylic acids is 1. The topological polar surface area (TPSA) is 37.3 Å². The number of carbonyl (C=O) groups is 1. The van der Waals surface area contributed by atoms with Gasteiger partial charge in [0.2, 0.25) is 0 Å². The van der Waals surface area contributed by atoms with Crippen LogP contribution in [0.2, 0.25) is 0 Å². The van der Waals surface area contributed by atoms with Crippen LogP contribution in [0.5, 0.6) is 0 Å². The monoisotopic (exact) mass is 244 g/mol. The average Bonchev–Trinajstić information content (AvgIpc) is 3.02. The van der Waals surface area contributed by atoms with Gasteiger partial charge in [0.15, 0.2) is 11.6 Å². The zero-order chi connectivity index (χ0) is 12.6. The van der Waals surface area contributed by atoms with E-state index in [4.69, 9.17) is 5.11 Å². The molecule has 1 fully saturated rings. The third-order valence-electron chi connectivity index (χ3n) is 3.27. The van der Waals surface area contributed by atoms with Gasteiger partial charge in [-0.05, 0) is 37.3 Å². The van der Waals surface area contributed by atoms with Crippen molar-refractivity contribution in [3.63, 3.8) is 0 Å². The Morgan fingerprint density at radius 3 is 2.29 bits per heavy atom. The Morgan fingerprint density at radius 1 is 1.18 bits per heavy atom. The molecule has 1 aromatic rings. The highest BCUT2D eigenvalue weighted by molar-refractivity contribution is 5.77. The van der Waals surface area contributed by atoms with Crippen LogP contribution in [0, 0.1) is 22.9 Å². The number of rotatable bonds is 4. The number of hydrogen-bond acceptors (Lipinski definition) is 1. The molecule has 0 atom stereocenters. The van der Waals surface area contributed by atoms with Crippen molar-refractivity contribution in [1.29, 1.82) is 0 Å². The van der Waals surface area contributed by atoms with E-state index in [-0.39, 0.29) is 18.4 Å². The maximum absolute atomic E-state index is 13.3. The quantitative estimate of drug-likeness (QED) is 0.827. The Morgan fingerprint density at radius 2 is 1.76 bits per heavy atom. The van der Waals surface area contributed by atoms with Gasteiger partial charge in [0, 0.05) is 6.07 Å². The average molecular weight is 244 g/mol. The zero-order valence-electron chi connectivity index (χ0n) is 8.97. The van der Waals surface area contributed by atoms with Crippen molar-refractivity contribution < 1.29 is 23.1 Å². The summed E-state index contributed by atoms with van der Waals surface area (Å²) in [6.07, 6.45) is 1.49. The second-order valence-corrected chi connectivity index (χ2v) is 4.44. The van der Waals surface area contributed by atoms with Crippen molar-refractivity contribution in [2.45, 2.75) is 25.7 Å². The second-order valence-electron chi connectivity index (χ2n) is 4.44. The molecule has 0 spiro atoms. The molecule has 92 valence electrons. The molecule has 0 aliphatic heterocycles. The van der Waals surface area contributed by atoms with Crippen LogP contribution < -0.4 is 0 Å². The summed E-state index contributed by atoms with van der Waals surface area (Å²) in [7, 11) is 0. The first-order valence-electron chi connectivity index (χ1n) is 5.31. The van der Waals surface area contributed by atoms with Crippen LogP contribution in [-0.2, 0) is 11.2 Å². The third kappa shape index (κ3) is 2.28. The Balaban J connectivity index is 2.10. The highest BCUT2D eigenvalue weighted by atomic mass is 19.2. The second kappa shape index (κ2) is 4.05. The molecule has 1 aliphatic rings. The molecule has 1 aliphatic carbocycles. The van der Waals surface area contributed by atoms with E-state index in [1.54, 1.807) is 0 Å². The van der Waals surface area contributed by atoms with Crippen LogP contribution in [0.25, 0.3) is 0 Å². The van der Waals surface area contributed by atoms with E-state index in [2.05, 4.69) is 0 Å². The molecule has 0 aromatic heterocycles. The lowest BCUT2D eigenvalue weighted by molar-refractivity contribution is -0.143. The summed E-state index contributed by atoms with van der Waals surface area (Å²) in [6.45, 7) is 0. The molecule has 0 radical (unpaired) electrons. The fourth-order valence-electron chi connectivity index (χ4n) is 1.85. The van der Waals surface area contributed by atoms with Crippen LogP contribution in [0.4, 0.5) is 13.2 Å². The molecule has 17 heavy (non-hydrogen) atoms. The van der Waals surface area contributed by atoms with E-state index >= 15 is 0 Å². The van der Waals surface area contributed by atoms with Crippen molar-refractivity contribution in [2.24, 2.45) is 5.41 Å². The Kier molecular flexibility index (Phi) is 2.85. The molecule has 2 nitrogen and oxygen atoms in total. The predicted molar refractivity (Wildman–Crippen MR) is 53.9 cm³/mol. The minimum absolute atomic E-state index is 0.0245. The third-order valence-corrected chi connectivity index (χ3v) is 3.27. The summed E-state index contributed by atoms with van der Waals surface area (Å²) in [6, 6.07) is 1.29. The SMILES string of the molecule is O=C(O)C1(CCc2cc(F)c(F)cc2F)CC1. The summed E-state index contributed by atoms with van der Waals surface area (Å²) < 4.78 is 38.8. The Hall–Kier alpha value is -1.52. The maximum Gasteiger partial charge on any atom is 0.309 e. The van der Waals surface area contributed by atoms with Crippen molar-refractivity contribution in [3.8, 4) is 0 Å². The predicted octanol–water partition coefficient (Wildman–Crippen LogP) is 2.90. The lowest BCUT2D eigenvalue weighted by Gasteiger charge is -2.10. The van der Waals surface area contributed by atoms with E-state index in [0.717, 1.165) is 6.07 Å². The maximum atomic E-state index is 13.3. The number of hydrogen-bond donors (Lipinski definition) is 1. The fourth-order valence-corrected chi connectivity index (χ4v) is 1.85. The molecule has 0 unspecified atom stereocenters. The minimum Gasteiger partial charge on any atom is -0.481 e. The summed E-state index contributed by atoms with van der Waals surface area (Å²) in [5.41, 5.74) is -0.756. The van der Waals surface area contributed by atoms with Gasteiger partial charge in [-0.1, -0.05) is 0 Å². The summed E-state index contributed by atoms with van der Waals surface area (Å²) in [5, 5.41) is 8.92. The van der Waals surface area contributed by atoms with Gasteiger partial charge in [-0.2, -0.15) is 0 Å². The number of carboxylic acid groups (broad SMARTS) is 1. The molecule has 0 saturated heterocycles. The first kappa shape index (κ1) is 12.0. The van der Waals surface area contributed by atoms with E-state index in [9.17, 15) is 18.0 Å². The van der Waals surface area contributed by atoms with E-state index in [1.165, 1.54) is 0 Å². The first-order chi connectivity index (χ1) is 7.94. The van der Waals surface area contributed by atoms with Crippen molar-refractivity contribution >= 4 is 5.97 Å². The van der Waals surface area contributed by atoms with Crippen LogP contribution in [-0.4, -0.2) is 11.1 Å². The molecule has 1 saturated carbocycles. The number of aryl methyl sites for hydroxylation is 1. The zero-order valence-corrected chi connectivity index (χ0v) is 8.97. The molecule has 0 heterocycles. The van der Waals surface area contributed by atoms with Crippen LogP contribution in [0.15, 0.2) is 12.1 Å². The molecule has 1 N–H and O–H groups in total. The van der Waals surface area contributed by atoms with Gasteiger partial charge in [-0.3, -0.25) is 4.79 Å². The molecule has 1 aromatic carbocycles. The Labute approximate surface area is 96.1 Å². The van der Waals surface area contributed by atoms with Crippen LogP contribution in [0.3, 0.4) is 0 Å². The highest BCUT2D eigenvalue weighted by Gasteiger charge is 2.49. The lowest BCUT2D eigenvalue weighted by atomic mass is 9.96. The molecule has 0 amide bonds. The van der Waals surface area contributed by atoms with E-state index in [1.807, 2.05) is 0 Å². The van der Waals surface area contributed by atoms with Gasteiger partial charge in [0.05, 0.1) is 5.41 Å². The molecule has 0 bridgehead atoms. The van der Waals surface area contributed by atoms with E-state index < -0.39 is 28.8 Å². The smallest absolute Gasteiger partial charge is 0.309 e. The first-order valence-corrected chi connectivity index (χ1v) is 5.31. The number of benzene rings is 1. The Bertz CT molecular complexity index is 467. The minimum atomic E-state index is -1.23. The van der Waals surface area contributed by atoms with Gasteiger partial charge in [0.1, 0.15) is 5.82 Å². The summed E-state index contributed by atoms with van der Waals surface area (Å²) in [5.74, 6) is -4.07. The standard InChI is InChI=1S/C12H11F3O2/c13-8-6-10(15)9(14)5-7(8)1-2-12(3-4-12)11(16)17/h5-6H,1-4H2,(H,16,17). The fraction of sp³-hybridized carbons (Fsp3) is 0.417. The lowest BCUT2D eigenvalue weighted by Crippen LogP contribution is -2.15. The van der Waals surface area contributed by atoms with Gasteiger partial charge in [0.25, 0.3) is 0 Å². The summed E-state index contributed by atoms with van der Waals surface area (Å²) in [4.78, 5) is 10.9. The van der Waals surface area contributed by atoms with Gasteiger partial charge >= 0.3 is 5.97 Å².